The van der Waals surface area contributed by atoms with Gasteiger partial charge in [0.25, 0.3) is 0 Å². The fourth-order valence-electron chi connectivity index (χ4n) is 1.70. The van der Waals surface area contributed by atoms with Crippen LogP contribution in [0, 0.1) is 6.92 Å². The number of hydrogen-bond donors (Lipinski definition) is 0. The smallest absolute Gasteiger partial charge is 0.130 e. The summed E-state index contributed by atoms with van der Waals surface area (Å²) in [5, 5.41) is 0. The number of nitrogens with zero attached hydrogens (tertiary/aromatic N) is 2. The Morgan fingerprint density at radius 3 is 2.71 bits per heavy atom. The monoisotopic (exact) mass is 230 g/mol. The van der Waals surface area contributed by atoms with E-state index in [1.807, 2.05) is 24.7 Å². The molecule has 0 saturated carbocycles. The zero-order chi connectivity index (χ0) is 12.1. The van der Waals surface area contributed by atoms with Gasteiger partial charge in [-0.25, -0.2) is 4.98 Å². The van der Waals surface area contributed by atoms with Gasteiger partial charge in [0.05, 0.1) is 18.2 Å². The van der Waals surface area contributed by atoms with Gasteiger partial charge in [-0.2, -0.15) is 0 Å². The third-order valence-corrected chi connectivity index (χ3v) is 2.67. The Hall–Kier alpha value is -1.77. The summed E-state index contributed by atoms with van der Waals surface area (Å²) in [5.41, 5.74) is 2.36. The van der Waals surface area contributed by atoms with Crippen molar-refractivity contribution in [3.63, 3.8) is 0 Å². The van der Waals surface area contributed by atoms with Crippen molar-refractivity contribution in [3.05, 3.63) is 48.0 Å². The number of ether oxygens (including phenoxy) is 1. The number of imidazole rings is 1. The van der Waals surface area contributed by atoms with Crippen molar-refractivity contribution in [2.45, 2.75) is 33.4 Å². The molecule has 2 rings (SSSR count). The normalized spacial score (nSPS) is 10.5. The van der Waals surface area contributed by atoms with Gasteiger partial charge in [-0.05, 0) is 25.5 Å². The van der Waals surface area contributed by atoms with Gasteiger partial charge in [0, 0.05) is 6.54 Å². The molecule has 0 bridgehead atoms. The molecule has 0 spiro atoms. The van der Waals surface area contributed by atoms with E-state index in [9.17, 15) is 0 Å². The van der Waals surface area contributed by atoms with Crippen LogP contribution in [0.3, 0.4) is 0 Å². The average molecular weight is 230 g/mol. The van der Waals surface area contributed by atoms with Crippen LogP contribution >= 0.6 is 0 Å². The van der Waals surface area contributed by atoms with Gasteiger partial charge in [0.15, 0.2) is 0 Å². The molecule has 0 saturated heterocycles. The predicted octanol–water partition coefficient (Wildman–Crippen LogP) is 3.18. The molecule has 1 heterocycles. The lowest BCUT2D eigenvalue weighted by molar-refractivity contribution is 0.294. The molecule has 0 N–H and O–H groups in total. The molecule has 0 fully saturated rings. The maximum Gasteiger partial charge on any atom is 0.130 e. The van der Waals surface area contributed by atoms with E-state index < -0.39 is 0 Å². The van der Waals surface area contributed by atoms with Gasteiger partial charge in [-0.1, -0.05) is 24.6 Å². The second-order valence-corrected chi connectivity index (χ2v) is 4.18. The first-order valence-corrected chi connectivity index (χ1v) is 5.98. The molecule has 0 atom stereocenters. The summed E-state index contributed by atoms with van der Waals surface area (Å²) in [6, 6.07) is 8.10. The summed E-state index contributed by atoms with van der Waals surface area (Å²) in [7, 11) is 0. The minimum absolute atomic E-state index is 0.572. The fourth-order valence-corrected chi connectivity index (χ4v) is 1.70. The minimum atomic E-state index is 0.572. The van der Waals surface area contributed by atoms with E-state index >= 15 is 0 Å². The molecule has 2 aromatic rings. The molecule has 90 valence electrons. The van der Waals surface area contributed by atoms with Crippen molar-refractivity contribution in [2.75, 3.05) is 0 Å². The van der Waals surface area contributed by atoms with E-state index in [0.717, 1.165) is 24.4 Å². The zero-order valence-electron chi connectivity index (χ0n) is 10.4. The average Bonchev–Trinajstić information content (AvgIpc) is 2.77. The Morgan fingerprint density at radius 1 is 1.24 bits per heavy atom. The number of hydrogen-bond acceptors (Lipinski definition) is 2. The Morgan fingerprint density at radius 2 is 2.00 bits per heavy atom. The number of rotatable bonds is 5. The standard InChI is InChI=1S/C14H18N2O/c1-3-8-16-11-15-9-13(16)10-17-14-6-4-12(2)5-7-14/h4-7,9,11H,3,8,10H2,1-2H3. The van der Waals surface area contributed by atoms with E-state index in [-0.39, 0.29) is 0 Å². The predicted molar refractivity (Wildman–Crippen MR) is 68.0 cm³/mol. The van der Waals surface area contributed by atoms with Crippen LogP contribution in [-0.2, 0) is 13.2 Å². The largest absolute Gasteiger partial charge is 0.487 e. The number of aromatic nitrogens is 2. The van der Waals surface area contributed by atoms with Crippen LogP contribution in [0.2, 0.25) is 0 Å². The highest BCUT2D eigenvalue weighted by molar-refractivity contribution is 5.26. The first-order valence-electron chi connectivity index (χ1n) is 5.98. The van der Waals surface area contributed by atoms with Crippen LogP contribution in [0.25, 0.3) is 0 Å². The van der Waals surface area contributed by atoms with E-state index in [1.165, 1.54) is 5.56 Å². The maximum absolute atomic E-state index is 5.73. The third-order valence-electron chi connectivity index (χ3n) is 2.67. The lowest BCUT2D eigenvalue weighted by atomic mass is 10.2. The molecule has 0 amide bonds. The van der Waals surface area contributed by atoms with Gasteiger partial charge in [-0.3, -0.25) is 0 Å². The first kappa shape index (κ1) is 11.7. The lowest BCUT2D eigenvalue weighted by Crippen LogP contribution is -2.04. The highest BCUT2D eigenvalue weighted by Crippen LogP contribution is 2.13. The van der Waals surface area contributed by atoms with Gasteiger partial charge in [0.1, 0.15) is 12.4 Å². The quantitative estimate of drug-likeness (QED) is 0.788. The van der Waals surface area contributed by atoms with Crippen LogP contribution in [0.5, 0.6) is 5.75 Å². The molecule has 3 heteroatoms. The minimum Gasteiger partial charge on any atom is -0.487 e. The van der Waals surface area contributed by atoms with Crippen molar-refractivity contribution in [3.8, 4) is 5.75 Å². The number of aryl methyl sites for hydroxylation is 2. The molecular formula is C14H18N2O. The summed E-state index contributed by atoms with van der Waals surface area (Å²) in [5.74, 6) is 0.903. The summed E-state index contributed by atoms with van der Waals surface area (Å²) in [6.45, 7) is 5.79. The molecule has 0 aliphatic carbocycles. The Kier molecular flexibility index (Phi) is 3.81. The van der Waals surface area contributed by atoms with E-state index in [2.05, 4.69) is 35.5 Å². The van der Waals surface area contributed by atoms with Crippen LogP contribution in [0.4, 0.5) is 0 Å². The Bertz CT molecular complexity index is 459. The molecule has 1 aromatic heterocycles. The molecule has 1 aromatic carbocycles. The van der Waals surface area contributed by atoms with Crippen molar-refractivity contribution in [2.24, 2.45) is 0 Å². The maximum atomic E-state index is 5.73. The molecule has 3 nitrogen and oxygen atoms in total. The fraction of sp³-hybridized carbons (Fsp3) is 0.357. The Labute approximate surface area is 102 Å². The van der Waals surface area contributed by atoms with Crippen molar-refractivity contribution >= 4 is 0 Å². The van der Waals surface area contributed by atoms with Gasteiger partial charge in [0.2, 0.25) is 0 Å². The Balaban J connectivity index is 1.97. The number of benzene rings is 1. The summed E-state index contributed by atoms with van der Waals surface area (Å²) < 4.78 is 7.86. The second-order valence-electron chi connectivity index (χ2n) is 4.18. The van der Waals surface area contributed by atoms with E-state index in [1.54, 1.807) is 0 Å². The van der Waals surface area contributed by atoms with E-state index in [4.69, 9.17) is 4.74 Å². The highest BCUT2D eigenvalue weighted by Gasteiger charge is 2.02. The molecular weight excluding hydrogens is 212 g/mol. The van der Waals surface area contributed by atoms with E-state index in [0.29, 0.717) is 6.61 Å². The lowest BCUT2D eigenvalue weighted by Gasteiger charge is -2.08. The molecule has 17 heavy (non-hydrogen) atoms. The van der Waals surface area contributed by atoms with Crippen LogP contribution in [0.15, 0.2) is 36.8 Å². The zero-order valence-corrected chi connectivity index (χ0v) is 10.4. The van der Waals surface area contributed by atoms with Crippen LogP contribution < -0.4 is 4.74 Å². The van der Waals surface area contributed by atoms with Crippen molar-refractivity contribution in [1.29, 1.82) is 0 Å². The highest BCUT2D eigenvalue weighted by atomic mass is 16.5. The van der Waals surface area contributed by atoms with Gasteiger partial charge >= 0.3 is 0 Å². The van der Waals surface area contributed by atoms with Crippen LogP contribution in [-0.4, -0.2) is 9.55 Å². The summed E-state index contributed by atoms with van der Waals surface area (Å²) in [6.07, 6.45) is 4.83. The topological polar surface area (TPSA) is 27.1 Å². The SMILES string of the molecule is CCCn1cncc1COc1ccc(C)cc1. The molecule has 0 radical (unpaired) electrons. The summed E-state index contributed by atoms with van der Waals surface area (Å²) >= 11 is 0. The third kappa shape index (κ3) is 3.09. The summed E-state index contributed by atoms with van der Waals surface area (Å²) in [4.78, 5) is 4.15. The first-order chi connectivity index (χ1) is 8.29. The second kappa shape index (κ2) is 5.53. The van der Waals surface area contributed by atoms with Gasteiger partial charge < -0.3 is 9.30 Å². The van der Waals surface area contributed by atoms with Crippen molar-refractivity contribution < 1.29 is 4.74 Å². The molecule has 0 aliphatic rings. The van der Waals surface area contributed by atoms with Gasteiger partial charge in [-0.15, -0.1) is 0 Å². The molecule has 0 aliphatic heterocycles. The molecule has 0 unspecified atom stereocenters. The van der Waals surface area contributed by atoms with Crippen LogP contribution in [0.1, 0.15) is 24.6 Å². The van der Waals surface area contributed by atoms with Crippen molar-refractivity contribution in [1.82, 2.24) is 9.55 Å².